The molecule has 0 nitrogen and oxygen atoms in total. The molecule has 0 bridgehead atoms. The van der Waals surface area contributed by atoms with Gasteiger partial charge in [0.15, 0.2) is 0 Å². The first-order chi connectivity index (χ1) is 9.14. The van der Waals surface area contributed by atoms with Gasteiger partial charge in [0.1, 0.15) is 5.82 Å². The van der Waals surface area contributed by atoms with Crippen molar-refractivity contribution in [2.24, 2.45) is 0 Å². The normalized spacial score (nSPS) is 11.6. The summed E-state index contributed by atoms with van der Waals surface area (Å²) in [5.74, 6) is -0.205. The Morgan fingerprint density at radius 1 is 0.947 bits per heavy atom. The van der Waals surface area contributed by atoms with Crippen molar-refractivity contribution in [1.29, 1.82) is 0 Å². The smallest absolute Gasteiger partial charge is 0.123 e. The second-order valence-electron chi connectivity index (χ2n) is 4.78. The van der Waals surface area contributed by atoms with Gasteiger partial charge in [-0.1, -0.05) is 55.8 Å². The molecule has 0 fully saturated rings. The van der Waals surface area contributed by atoms with Gasteiger partial charge in [-0.3, -0.25) is 0 Å². The first kappa shape index (κ1) is 14.1. The highest BCUT2D eigenvalue weighted by Gasteiger charge is 2.32. The van der Waals surface area contributed by atoms with Crippen LogP contribution in [-0.2, 0) is 5.41 Å². The Bertz CT molecular complexity index is 541. The van der Waals surface area contributed by atoms with Crippen LogP contribution in [0.4, 0.5) is 4.39 Å². The summed E-state index contributed by atoms with van der Waals surface area (Å²) >= 11 is 6.37. The number of rotatable bonds is 4. The standard InChI is InChI=1S/C17H18ClF/c1-3-17(4-2,13-9-11-14(19)12-10-13)15-7-5-6-8-16(15)18/h5-12H,3-4H2,1-2H3. The Morgan fingerprint density at radius 3 is 2.05 bits per heavy atom. The number of hydrogen-bond acceptors (Lipinski definition) is 0. The minimum absolute atomic E-state index is 0.147. The van der Waals surface area contributed by atoms with Gasteiger partial charge >= 0.3 is 0 Å². The summed E-state index contributed by atoms with van der Waals surface area (Å²) < 4.78 is 13.1. The lowest BCUT2D eigenvalue weighted by Gasteiger charge is -2.34. The van der Waals surface area contributed by atoms with E-state index >= 15 is 0 Å². The van der Waals surface area contributed by atoms with Gasteiger partial charge in [0.05, 0.1) is 0 Å². The SMILES string of the molecule is CCC(CC)(c1ccc(F)cc1)c1ccccc1Cl. The molecule has 0 saturated carbocycles. The van der Waals surface area contributed by atoms with Crippen molar-refractivity contribution in [3.05, 3.63) is 70.5 Å². The van der Waals surface area contributed by atoms with Crippen LogP contribution in [0.15, 0.2) is 48.5 Å². The highest BCUT2D eigenvalue weighted by Crippen LogP contribution is 2.41. The van der Waals surface area contributed by atoms with Gasteiger partial charge < -0.3 is 0 Å². The molecule has 2 heteroatoms. The minimum atomic E-state index is -0.205. The molecule has 0 aliphatic heterocycles. The highest BCUT2D eigenvalue weighted by molar-refractivity contribution is 6.31. The molecule has 100 valence electrons. The predicted octanol–water partition coefficient (Wildman–Crippen LogP) is 5.59. The molecule has 0 aromatic heterocycles. The minimum Gasteiger partial charge on any atom is -0.207 e. The van der Waals surface area contributed by atoms with E-state index in [4.69, 9.17) is 11.6 Å². The molecule has 0 aliphatic carbocycles. The van der Waals surface area contributed by atoms with Crippen LogP contribution in [0.25, 0.3) is 0 Å². The molecular weight excluding hydrogens is 259 g/mol. The van der Waals surface area contributed by atoms with Gasteiger partial charge in [-0.05, 0) is 42.2 Å². The number of halogens is 2. The van der Waals surface area contributed by atoms with Crippen molar-refractivity contribution in [2.75, 3.05) is 0 Å². The van der Waals surface area contributed by atoms with E-state index in [0.29, 0.717) is 0 Å². The number of hydrogen-bond donors (Lipinski definition) is 0. The van der Waals surface area contributed by atoms with Crippen LogP contribution in [0.1, 0.15) is 37.8 Å². The summed E-state index contributed by atoms with van der Waals surface area (Å²) in [6.07, 6.45) is 1.86. The van der Waals surface area contributed by atoms with Crippen molar-refractivity contribution in [1.82, 2.24) is 0 Å². The average molecular weight is 277 g/mol. The molecule has 0 unspecified atom stereocenters. The molecule has 0 amide bonds. The van der Waals surface area contributed by atoms with Crippen LogP contribution in [0.5, 0.6) is 0 Å². The summed E-state index contributed by atoms with van der Waals surface area (Å²) in [4.78, 5) is 0. The Balaban J connectivity index is 2.61. The van der Waals surface area contributed by atoms with Crippen LogP contribution < -0.4 is 0 Å². The molecule has 0 heterocycles. The van der Waals surface area contributed by atoms with E-state index in [1.165, 1.54) is 12.1 Å². The molecule has 19 heavy (non-hydrogen) atoms. The fourth-order valence-electron chi connectivity index (χ4n) is 2.81. The maximum Gasteiger partial charge on any atom is 0.123 e. The Kier molecular flexibility index (Phi) is 4.26. The van der Waals surface area contributed by atoms with E-state index in [9.17, 15) is 4.39 Å². The molecule has 0 N–H and O–H groups in total. The van der Waals surface area contributed by atoms with Crippen molar-refractivity contribution in [3.63, 3.8) is 0 Å². The highest BCUT2D eigenvalue weighted by atomic mass is 35.5. The molecular formula is C17H18ClF. The summed E-state index contributed by atoms with van der Waals surface area (Å²) in [5.41, 5.74) is 2.09. The van der Waals surface area contributed by atoms with Crippen LogP contribution in [0, 0.1) is 5.82 Å². The fraction of sp³-hybridized carbons (Fsp3) is 0.294. The Hall–Kier alpha value is -1.34. The van der Waals surface area contributed by atoms with Gasteiger partial charge in [-0.2, -0.15) is 0 Å². The van der Waals surface area contributed by atoms with Gasteiger partial charge in [0.25, 0.3) is 0 Å². The average Bonchev–Trinajstić information content (AvgIpc) is 2.44. The van der Waals surface area contributed by atoms with Crippen molar-refractivity contribution in [3.8, 4) is 0 Å². The zero-order valence-corrected chi connectivity index (χ0v) is 12.0. The van der Waals surface area contributed by atoms with Crippen molar-refractivity contribution >= 4 is 11.6 Å². The van der Waals surface area contributed by atoms with E-state index in [2.05, 4.69) is 19.9 Å². The number of benzene rings is 2. The largest absolute Gasteiger partial charge is 0.207 e. The first-order valence-corrected chi connectivity index (χ1v) is 7.03. The maximum absolute atomic E-state index is 13.1. The molecule has 2 rings (SSSR count). The molecule has 0 radical (unpaired) electrons. The lowest BCUT2D eigenvalue weighted by molar-refractivity contribution is 0.477. The van der Waals surface area contributed by atoms with Gasteiger partial charge in [0, 0.05) is 10.4 Å². The van der Waals surface area contributed by atoms with Crippen molar-refractivity contribution < 1.29 is 4.39 Å². The second-order valence-corrected chi connectivity index (χ2v) is 5.18. The zero-order valence-electron chi connectivity index (χ0n) is 11.3. The lowest BCUT2D eigenvalue weighted by atomic mass is 9.70. The monoisotopic (exact) mass is 276 g/mol. The van der Waals surface area contributed by atoms with Crippen LogP contribution in [-0.4, -0.2) is 0 Å². The van der Waals surface area contributed by atoms with Crippen molar-refractivity contribution in [2.45, 2.75) is 32.1 Å². The summed E-state index contributed by atoms with van der Waals surface area (Å²) in [5, 5.41) is 0.774. The maximum atomic E-state index is 13.1. The third-order valence-corrected chi connectivity index (χ3v) is 4.32. The molecule has 0 aliphatic rings. The lowest BCUT2D eigenvalue weighted by Crippen LogP contribution is -2.26. The van der Waals surface area contributed by atoms with E-state index in [0.717, 1.165) is 29.0 Å². The van der Waals surface area contributed by atoms with Crippen LogP contribution in [0.2, 0.25) is 5.02 Å². The van der Waals surface area contributed by atoms with Crippen LogP contribution >= 0.6 is 11.6 Å². The summed E-state index contributed by atoms with van der Waals surface area (Å²) in [6.45, 7) is 4.30. The molecule has 0 saturated heterocycles. The summed E-state index contributed by atoms with van der Waals surface area (Å²) in [7, 11) is 0. The fourth-order valence-corrected chi connectivity index (χ4v) is 3.13. The van der Waals surface area contributed by atoms with Gasteiger partial charge in [0.2, 0.25) is 0 Å². The zero-order chi connectivity index (χ0) is 13.9. The van der Waals surface area contributed by atoms with E-state index in [-0.39, 0.29) is 11.2 Å². The van der Waals surface area contributed by atoms with Gasteiger partial charge in [-0.25, -0.2) is 4.39 Å². The van der Waals surface area contributed by atoms with E-state index in [1.807, 2.05) is 30.3 Å². The molecule has 2 aromatic carbocycles. The molecule has 2 aromatic rings. The third-order valence-electron chi connectivity index (χ3n) is 3.99. The third kappa shape index (κ3) is 2.52. The van der Waals surface area contributed by atoms with Crippen LogP contribution in [0.3, 0.4) is 0 Å². The van der Waals surface area contributed by atoms with E-state index < -0.39 is 0 Å². The first-order valence-electron chi connectivity index (χ1n) is 6.65. The topological polar surface area (TPSA) is 0 Å². The Labute approximate surface area is 119 Å². The van der Waals surface area contributed by atoms with E-state index in [1.54, 1.807) is 0 Å². The predicted molar refractivity (Wildman–Crippen MR) is 79.2 cm³/mol. The molecule has 0 spiro atoms. The summed E-state index contributed by atoms with van der Waals surface area (Å²) in [6, 6.07) is 14.7. The second kappa shape index (κ2) is 5.75. The van der Waals surface area contributed by atoms with Gasteiger partial charge in [-0.15, -0.1) is 0 Å². The molecule has 0 atom stereocenters. The quantitative estimate of drug-likeness (QED) is 0.683. The Morgan fingerprint density at radius 2 is 1.53 bits per heavy atom.